The normalized spacial score (nSPS) is 23.5. The Labute approximate surface area is 102 Å². The zero-order valence-corrected chi connectivity index (χ0v) is 9.89. The largest absolute Gasteiger partial charge is 0.393 e. The Balaban J connectivity index is 1.80. The summed E-state index contributed by atoms with van der Waals surface area (Å²) in [6.45, 7) is 1.66. The highest BCUT2D eigenvalue weighted by molar-refractivity contribution is 5.37. The third kappa shape index (κ3) is 3.29. The van der Waals surface area contributed by atoms with Gasteiger partial charge < -0.3 is 10.4 Å². The lowest BCUT2D eigenvalue weighted by molar-refractivity contribution is 0.177. The molecule has 2 unspecified atom stereocenters. The molecule has 0 heterocycles. The number of nitrogens with one attached hydrogen (secondary N) is 1. The highest BCUT2D eigenvalue weighted by atomic mass is 16.3. The van der Waals surface area contributed by atoms with Crippen molar-refractivity contribution in [3.63, 3.8) is 0 Å². The molecule has 1 aliphatic rings. The van der Waals surface area contributed by atoms with E-state index in [1.807, 2.05) is 24.3 Å². The van der Waals surface area contributed by atoms with Crippen molar-refractivity contribution in [3.05, 3.63) is 35.4 Å². The second kappa shape index (κ2) is 5.81. The Morgan fingerprint density at radius 1 is 1.35 bits per heavy atom. The Hall–Kier alpha value is -1.37. The van der Waals surface area contributed by atoms with E-state index in [2.05, 4.69) is 11.4 Å². The van der Waals surface area contributed by atoms with Crippen LogP contribution in [0.4, 0.5) is 0 Å². The van der Waals surface area contributed by atoms with Crippen LogP contribution < -0.4 is 5.32 Å². The molecule has 3 heteroatoms. The van der Waals surface area contributed by atoms with Gasteiger partial charge in [0, 0.05) is 6.54 Å². The molecule has 2 atom stereocenters. The van der Waals surface area contributed by atoms with Crippen LogP contribution in [0.2, 0.25) is 0 Å². The third-order valence-electron chi connectivity index (χ3n) is 3.40. The average molecular weight is 230 g/mol. The van der Waals surface area contributed by atoms with Gasteiger partial charge in [-0.15, -0.1) is 0 Å². The molecule has 1 aromatic carbocycles. The summed E-state index contributed by atoms with van der Waals surface area (Å²) in [6, 6.07) is 9.87. The summed E-state index contributed by atoms with van der Waals surface area (Å²) in [6.07, 6.45) is 2.84. The van der Waals surface area contributed by atoms with Crippen molar-refractivity contribution in [2.24, 2.45) is 5.92 Å². The van der Waals surface area contributed by atoms with E-state index >= 15 is 0 Å². The third-order valence-corrected chi connectivity index (χ3v) is 3.40. The summed E-state index contributed by atoms with van der Waals surface area (Å²) in [7, 11) is 0. The smallest absolute Gasteiger partial charge is 0.0995 e. The van der Waals surface area contributed by atoms with Crippen molar-refractivity contribution in [1.82, 2.24) is 5.32 Å². The molecular formula is C14H18N2O. The molecule has 0 aliphatic heterocycles. The van der Waals surface area contributed by atoms with Crippen LogP contribution in [-0.2, 0) is 6.54 Å². The van der Waals surface area contributed by atoms with E-state index in [1.165, 1.54) is 0 Å². The lowest BCUT2D eigenvalue weighted by atomic mass is 10.1. The van der Waals surface area contributed by atoms with E-state index in [0.717, 1.165) is 43.5 Å². The van der Waals surface area contributed by atoms with Crippen LogP contribution in [0.15, 0.2) is 24.3 Å². The second-order valence-corrected chi connectivity index (χ2v) is 4.73. The topological polar surface area (TPSA) is 56.0 Å². The molecule has 1 aromatic rings. The van der Waals surface area contributed by atoms with Crippen molar-refractivity contribution in [2.45, 2.75) is 31.9 Å². The van der Waals surface area contributed by atoms with Crippen molar-refractivity contribution >= 4 is 0 Å². The molecule has 3 nitrogen and oxygen atoms in total. The summed E-state index contributed by atoms with van der Waals surface area (Å²) in [5, 5.41) is 21.8. The number of nitriles is 1. The molecule has 1 fully saturated rings. The molecular weight excluding hydrogens is 212 g/mol. The molecule has 90 valence electrons. The van der Waals surface area contributed by atoms with Gasteiger partial charge in [-0.25, -0.2) is 0 Å². The monoisotopic (exact) mass is 230 g/mol. The molecule has 0 aromatic heterocycles. The molecule has 1 aliphatic carbocycles. The fourth-order valence-corrected chi connectivity index (χ4v) is 2.43. The summed E-state index contributed by atoms with van der Waals surface area (Å²) >= 11 is 0. The van der Waals surface area contributed by atoms with Gasteiger partial charge in [0.05, 0.1) is 17.7 Å². The number of rotatable bonds is 4. The van der Waals surface area contributed by atoms with E-state index < -0.39 is 0 Å². The number of benzene rings is 1. The Bertz CT molecular complexity index is 411. The van der Waals surface area contributed by atoms with E-state index in [4.69, 9.17) is 5.26 Å². The Morgan fingerprint density at radius 3 is 2.88 bits per heavy atom. The average Bonchev–Trinajstić information content (AvgIpc) is 2.76. The number of hydrogen-bond acceptors (Lipinski definition) is 3. The molecule has 0 radical (unpaired) electrons. The summed E-state index contributed by atoms with van der Waals surface area (Å²) in [5.41, 5.74) is 1.79. The minimum Gasteiger partial charge on any atom is -0.393 e. The minimum absolute atomic E-state index is 0.104. The van der Waals surface area contributed by atoms with Gasteiger partial charge in [0.2, 0.25) is 0 Å². The number of aliphatic hydroxyl groups is 1. The van der Waals surface area contributed by atoms with E-state index in [0.29, 0.717) is 5.92 Å². The van der Waals surface area contributed by atoms with Crippen LogP contribution in [0.5, 0.6) is 0 Å². The maximum Gasteiger partial charge on any atom is 0.0995 e. The maximum absolute atomic E-state index is 9.43. The quantitative estimate of drug-likeness (QED) is 0.829. The Morgan fingerprint density at radius 2 is 2.18 bits per heavy atom. The summed E-state index contributed by atoms with van der Waals surface area (Å²) < 4.78 is 0. The first-order valence-electron chi connectivity index (χ1n) is 6.16. The van der Waals surface area contributed by atoms with Crippen molar-refractivity contribution in [3.8, 4) is 6.07 Å². The van der Waals surface area contributed by atoms with Gasteiger partial charge in [0.15, 0.2) is 0 Å². The Kier molecular flexibility index (Phi) is 4.13. The van der Waals surface area contributed by atoms with Crippen LogP contribution in [0.1, 0.15) is 30.4 Å². The number of aliphatic hydroxyl groups excluding tert-OH is 1. The van der Waals surface area contributed by atoms with E-state index in [-0.39, 0.29) is 6.10 Å². The van der Waals surface area contributed by atoms with E-state index in [9.17, 15) is 5.11 Å². The molecule has 2 N–H and O–H groups in total. The van der Waals surface area contributed by atoms with Crippen LogP contribution >= 0.6 is 0 Å². The number of nitrogens with zero attached hydrogens (tertiary/aromatic N) is 1. The fourth-order valence-electron chi connectivity index (χ4n) is 2.43. The molecule has 17 heavy (non-hydrogen) atoms. The van der Waals surface area contributed by atoms with Crippen molar-refractivity contribution in [2.75, 3.05) is 6.54 Å². The highest BCUT2D eigenvalue weighted by Crippen LogP contribution is 2.24. The molecule has 2 rings (SSSR count). The molecule has 0 amide bonds. The lowest BCUT2D eigenvalue weighted by Gasteiger charge is -2.11. The first kappa shape index (κ1) is 12.1. The fraction of sp³-hybridized carbons (Fsp3) is 0.500. The molecule has 0 saturated heterocycles. The van der Waals surface area contributed by atoms with Crippen LogP contribution in [0.25, 0.3) is 0 Å². The first-order chi connectivity index (χ1) is 8.29. The van der Waals surface area contributed by atoms with Crippen molar-refractivity contribution < 1.29 is 5.11 Å². The van der Waals surface area contributed by atoms with Gasteiger partial charge >= 0.3 is 0 Å². The number of hydrogen-bond donors (Lipinski definition) is 2. The second-order valence-electron chi connectivity index (χ2n) is 4.73. The summed E-state index contributed by atoms with van der Waals surface area (Å²) in [5.74, 6) is 0.583. The first-order valence-corrected chi connectivity index (χ1v) is 6.16. The van der Waals surface area contributed by atoms with E-state index in [1.54, 1.807) is 0 Å². The zero-order valence-electron chi connectivity index (χ0n) is 9.89. The molecule has 0 bridgehead atoms. The van der Waals surface area contributed by atoms with Gasteiger partial charge in [0.25, 0.3) is 0 Å². The SMILES string of the molecule is N#Cc1ccccc1CNCC1CCC(O)C1. The van der Waals surface area contributed by atoms with Gasteiger partial charge in [-0.3, -0.25) is 0 Å². The lowest BCUT2D eigenvalue weighted by Crippen LogP contribution is -2.21. The standard InChI is InChI=1S/C14H18N2O/c15-8-12-3-1-2-4-13(12)10-16-9-11-5-6-14(17)7-11/h1-4,11,14,16-17H,5-7,9-10H2. The highest BCUT2D eigenvalue weighted by Gasteiger charge is 2.21. The van der Waals surface area contributed by atoms with Gasteiger partial charge in [-0.2, -0.15) is 5.26 Å². The predicted octanol–water partition coefficient (Wildman–Crippen LogP) is 1.81. The van der Waals surface area contributed by atoms with Crippen molar-refractivity contribution in [1.29, 1.82) is 5.26 Å². The van der Waals surface area contributed by atoms with Crippen LogP contribution in [0, 0.1) is 17.2 Å². The molecule has 0 spiro atoms. The maximum atomic E-state index is 9.43. The summed E-state index contributed by atoms with van der Waals surface area (Å²) in [4.78, 5) is 0. The minimum atomic E-state index is -0.104. The van der Waals surface area contributed by atoms with Gasteiger partial charge in [-0.1, -0.05) is 18.2 Å². The van der Waals surface area contributed by atoms with Crippen LogP contribution in [0.3, 0.4) is 0 Å². The van der Waals surface area contributed by atoms with Gasteiger partial charge in [0.1, 0.15) is 0 Å². The zero-order chi connectivity index (χ0) is 12.1. The van der Waals surface area contributed by atoms with Crippen LogP contribution in [-0.4, -0.2) is 17.8 Å². The predicted molar refractivity (Wildman–Crippen MR) is 66.2 cm³/mol. The molecule has 1 saturated carbocycles. The van der Waals surface area contributed by atoms with Gasteiger partial charge in [-0.05, 0) is 43.4 Å².